The number of halogens is 1. The Labute approximate surface area is 85.9 Å². The van der Waals surface area contributed by atoms with Gasteiger partial charge in [0.25, 0.3) is 5.69 Å². The maximum absolute atomic E-state index is 10.4. The summed E-state index contributed by atoms with van der Waals surface area (Å²) in [5.41, 5.74) is 1.62. The van der Waals surface area contributed by atoms with Crippen molar-refractivity contribution in [2.45, 2.75) is 0 Å². The van der Waals surface area contributed by atoms with E-state index in [0.29, 0.717) is 5.52 Å². The van der Waals surface area contributed by atoms with Crippen LogP contribution in [0.4, 0.5) is 5.69 Å². The standard InChI is InChI=1S/C8H7N3O2.ClH/c1-10-5-9-7-4-6(11(12)13)2-3-8(7)10;/h2-5H,1H3;1H. The molecule has 0 bridgehead atoms. The minimum Gasteiger partial charge on any atom is -0.334 e. The van der Waals surface area contributed by atoms with Gasteiger partial charge >= 0.3 is 0 Å². The van der Waals surface area contributed by atoms with Gasteiger partial charge in [-0.2, -0.15) is 0 Å². The smallest absolute Gasteiger partial charge is 0.271 e. The Morgan fingerprint density at radius 3 is 2.86 bits per heavy atom. The van der Waals surface area contributed by atoms with Crippen molar-refractivity contribution in [2.24, 2.45) is 7.05 Å². The summed E-state index contributed by atoms with van der Waals surface area (Å²) in [5.74, 6) is 0. The molecule has 0 aliphatic heterocycles. The van der Waals surface area contributed by atoms with E-state index in [0.717, 1.165) is 5.52 Å². The zero-order chi connectivity index (χ0) is 9.42. The van der Waals surface area contributed by atoms with Crippen LogP contribution in [0.25, 0.3) is 11.0 Å². The number of fused-ring (bicyclic) bond motifs is 1. The van der Waals surface area contributed by atoms with Crippen molar-refractivity contribution < 1.29 is 4.92 Å². The first-order chi connectivity index (χ1) is 6.18. The molecule has 0 N–H and O–H groups in total. The number of aromatic nitrogens is 2. The highest BCUT2D eigenvalue weighted by atomic mass is 35.5. The Kier molecular flexibility index (Phi) is 2.71. The quantitative estimate of drug-likeness (QED) is 0.537. The van der Waals surface area contributed by atoms with Crippen LogP contribution >= 0.6 is 12.4 Å². The first-order valence-electron chi connectivity index (χ1n) is 3.74. The zero-order valence-electron chi connectivity index (χ0n) is 7.38. The van der Waals surface area contributed by atoms with Gasteiger partial charge in [-0.3, -0.25) is 10.1 Å². The van der Waals surface area contributed by atoms with E-state index in [2.05, 4.69) is 4.98 Å². The highest BCUT2D eigenvalue weighted by Crippen LogP contribution is 2.18. The molecule has 0 radical (unpaired) electrons. The molecule has 0 saturated carbocycles. The fourth-order valence-corrected chi connectivity index (χ4v) is 1.24. The molecule has 2 aromatic rings. The van der Waals surface area contributed by atoms with Gasteiger partial charge < -0.3 is 4.57 Å². The van der Waals surface area contributed by atoms with E-state index in [-0.39, 0.29) is 18.1 Å². The van der Waals surface area contributed by atoms with Crippen LogP contribution < -0.4 is 0 Å². The molecule has 6 heteroatoms. The Morgan fingerprint density at radius 1 is 1.50 bits per heavy atom. The lowest BCUT2D eigenvalue weighted by Gasteiger charge is -1.93. The van der Waals surface area contributed by atoms with Crippen LogP contribution in [-0.2, 0) is 7.05 Å². The van der Waals surface area contributed by atoms with Gasteiger partial charge in [0.05, 0.1) is 22.3 Å². The van der Waals surface area contributed by atoms with Crippen LogP contribution in [0.15, 0.2) is 24.5 Å². The molecule has 1 heterocycles. The van der Waals surface area contributed by atoms with Crippen molar-refractivity contribution in [1.29, 1.82) is 0 Å². The second-order valence-corrected chi connectivity index (χ2v) is 2.79. The molecule has 0 aliphatic rings. The second-order valence-electron chi connectivity index (χ2n) is 2.79. The van der Waals surface area contributed by atoms with Crippen LogP contribution in [0, 0.1) is 10.1 Å². The van der Waals surface area contributed by atoms with Crippen LogP contribution in [0.2, 0.25) is 0 Å². The van der Waals surface area contributed by atoms with Gasteiger partial charge in [0, 0.05) is 19.2 Å². The molecule has 0 spiro atoms. The predicted molar refractivity (Wildman–Crippen MR) is 54.6 cm³/mol. The molecule has 0 aliphatic carbocycles. The number of benzene rings is 1. The molecule has 0 unspecified atom stereocenters. The molecule has 1 aromatic heterocycles. The number of nitrogens with zero attached hydrogens (tertiary/aromatic N) is 3. The molecule has 74 valence electrons. The molecule has 0 amide bonds. The lowest BCUT2D eigenvalue weighted by Crippen LogP contribution is -1.88. The summed E-state index contributed by atoms with van der Waals surface area (Å²) in [7, 11) is 1.85. The van der Waals surface area contributed by atoms with Gasteiger partial charge in [-0.15, -0.1) is 12.4 Å². The van der Waals surface area contributed by atoms with Crippen molar-refractivity contribution in [1.82, 2.24) is 9.55 Å². The third-order valence-electron chi connectivity index (χ3n) is 1.92. The van der Waals surface area contributed by atoms with Gasteiger partial charge in [-0.1, -0.05) is 0 Å². The van der Waals surface area contributed by atoms with E-state index in [1.807, 2.05) is 11.6 Å². The van der Waals surface area contributed by atoms with Crippen molar-refractivity contribution in [3.63, 3.8) is 0 Å². The Bertz CT molecular complexity index is 480. The molecule has 14 heavy (non-hydrogen) atoms. The molecule has 2 rings (SSSR count). The van der Waals surface area contributed by atoms with Gasteiger partial charge in [0.15, 0.2) is 0 Å². The van der Waals surface area contributed by atoms with Crippen LogP contribution in [-0.4, -0.2) is 14.5 Å². The third-order valence-corrected chi connectivity index (χ3v) is 1.92. The van der Waals surface area contributed by atoms with Gasteiger partial charge in [-0.05, 0) is 6.07 Å². The van der Waals surface area contributed by atoms with Crippen LogP contribution in [0.1, 0.15) is 0 Å². The van der Waals surface area contributed by atoms with E-state index in [1.54, 1.807) is 12.4 Å². The molecule has 0 atom stereocenters. The van der Waals surface area contributed by atoms with Gasteiger partial charge in [0.1, 0.15) is 0 Å². The molecule has 0 saturated heterocycles. The zero-order valence-corrected chi connectivity index (χ0v) is 8.19. The third kappa shape index (κ3) is 1.54. The fourth-order valence-electron chi connectivity index (χ4n) is 1.24. The first kappa shape index (κ1) is 10.5. The Morgan fingerprint density at radius 2 is 2.21 bits per heavy atom. The number of non-ortho nitro benzene ring substituents is 1. The number of nitro groups is 1. The summed E-state index contributed by atoms with van der Waals surface area (Å²) in [6.07, 6.45) is 1.63. The fraction of sp³-hybridized carbons (Fsp3) is 0.125. The molecule has 5 nitrogen and oxygen atoms in total. The Balaban J connectivity index is 0.000000980. The van der Waals surface area contributed by atoms with Crippen molar-refractivity contribution >= 4 is 29.1 Å². The number of imidazole rings is 1. The molecular formula is C8H8ClN3O2. The molecule has 0 fully saturated rings. The monoisotopic (exact) mass is 213 g/mol. The van der Waals surface area contributed by atoms with E-state index in [9.17, 15) is 10.1 Å². The molecule has 1 aromatic carbocycles. The minimum atomic E-state index is -0.422. The number of hydrogen-bond donors (Lipinski definition) is 0. The van der Waals surface area contributed by atoms with Crippen molar-refractivity contribution in [3.05, 3.63) is 34.6 Å². The summed E-state index contributed by atoms with van der Waals surface area (Å²) in [4.78, 5) is 14.0. The highest BCUT2D eigenvalue weighted by Gasteiger charge is 2.07. The number of nitro benzene ring substituents is 1. The lowest BCUT2D eigenvalue weighted by molar-refractivity contribution is -0.384. The number of aryl methyl sites for hydroxylation is 1. The minimum absolute atomic E-state index is 0. The lowest BCUT2D eigenvalue weighted by atomic mass is 10.3. The summed E-state index contributed by atoms with van der Waals surface area (Å²) >= 11 is 0. The molecular weight excluding hydrogens is 206 g/mol. The number of hydrogen-bond acceptors (Lipinski definition) is 3. The topological polar surface area (TPSA) is 61.0 Å². The maximum atomic E-state index is 10.4. The number of rotatable bonds is 1. The summed E-state index contributed by atoms with van der Waals surface area (Å²) < 4.78 is 1.82. The van der Waals surface area contributed by atoms with E-state index < -0.39 is 4.92 Å². The van der Waals surface area contributed by atoms with E-state index in [1.165, 1.54) is 12.1 Å². The van der Waals surface area contributed by atoms with E-state index in [4.69, 9.17) is 0 Å². The summed E-state index contributed by atoms with van der Waals surface area (Å²) in [6, 6.07) is 4.64. The predicted octanol–water partition coefficient (Wildman–Crippen LogP) is 1.90. The SMILES string of the molecule is Cl.Cn1cnc2cc([N+](=O)[O-])ccc21. The maximum Gasteiger partial charge on any atom is 0.271 e. The highest BCUT2D eigenvalue weighted by molar-refractivity contribution is 5.85. The van der Waals surface area contributed by atoms with Crippen LogP contribution in [0.3, 0.4) is 0 Å². The van der Waals surface area contributed by atoms with Crippen molar-refractivity contribution in [3.8, 4) is 0 Å². The Hall–Kier alpha value is -1.62. The average molecular weight is 214 g/mol. The normalized spacial score (nSPS) is 9.79. The largest absolute Gasteiger partial charge is 0.334 e. The van der Waals surface area contributed by atoms with E-state index >= 15 is 0 Å². The summed E-state index contributed by atoms with van der Waals surface area (Å²) in [5, 5.41) is 10.4. The first-order valence-corrected chi connectivity index (χ1v) is 3.74. The van der Waals surface area contributed by atoms with Gasteiger partial charge in [-0.25, -0.2) is 4.98 Å². The second kappa shape index (κ2) is 3.63. The average Bonchev–Trinajstić information content (AvgIpc) is 2.47. The summed E-state index contributed by atoms with van der Waals surface area (Å²) in [6.45, 7) is 0. The van der Waals surface area contributed by atoms with Gasteiger partial charge in [0.2, 0.25) is 0 Å². The van der Waals surface area contributed by atoms with Crippen molar-refractivity contribution in [2.75, 3.05) is 0 Å². The van der Waals surface area contributed by atoms with Crippen LogP contribution in [0.5, 0.6) is 0 Å².